The van der Waals surface area contributed by atoms with Gasteiger partial charge < -0.3 is 5.11 Å². The van der Waals surface area contributed by atoms with Crippen LogP contribution in [0.5, 0.6) is 0 Å². The molecule has 0 aromatic carbocycles. The van der Waals surface area contributed by atoms with E-state index >= 15 is 0 Å². The van der Waals surface area contributed by atoms with Crippen LogP contribution < -0.4 is 0 Å². The van der Waals surface area contributed by atoms with Gasteiger partial charge in [-0.2, -0.15) is 0 Å². The summed E-state index contributed by atoms with van der Waals surface area (Å²) in [4.78, 5) is 21.8. The quantitative estimate of drug-likeness (QED) is 0.538. The number of hydrogen-bond donors (Lipinski definition) is 1. The van der Waals surface area contributed by atoms with Crippen molar-refractivity contribution < 1.29 is 14.7 Å². The van der Waals surface area contributed by atoms with E-state index in [-0.39, 0.29) is 23.7 Å². The lowest BCUT2D eigenvalue weighted by molar-refractivity contribution is -0.115. The molecule has 0 spiro atoms. The summed E-state index contributed by atoms with van der Waals surface area (Å²) in [6.45, 7) is 1.18. The van der Waals surface area contributed by atoms with Gasteiger partial charge in [-0.15, -0.1) is 0 Å². The topological polar surface area (TPSA) is 54.4 Å². The Hall–Kier alpha value is -1.22. The summed E-state index contributed by atoms with van der Waals surface area (Å²) in [6.07, 6.45) is 2.40. The Kier molecular flexibility index (Phi) is 2.01. The van der Waals surface area contributed by atoms with Crippen molar-refractivity contribution in [1.82, 2.24) is 0 Å². The molecule has 0 aliphatic heterocycles. The molecule has 0 unspecified atom stereocenters. The number of carbonyl (C=O) groups excluding carboxylic acids is 2. The van der Waals surface area contributed by atoms with Crippen molar-refractivity contribution in [2.75, 3.05) is 6.61 Å². The summed E-state index contributed by atoms with van der Waals surface area (Å²) in [7, 11) is 0. The highest BCUT2D eigenvalue weighted by Gasteiger charge is 2.17. The van der Waals surface area contributed by atoms with Crippen molar-refractivity contribution in [2.24, 2.45) is 0 Å². The highest BCUT2D eigenvalue weighted by molar-refractivity contribution is 6.19. The number of hydrogen-bond acceptors (Lipinski definition) is 3. The first kappa shape index (κ1) is 7.88. The van der Waals surface area contributed by atoms with Gasteiger partial charge in [-0.1, -0.05) is 0 Å². The SMILES string of the molecule is CC1=C(CO)C(=O)C=CC1=O. The zero-order valence-corrected chi connectivity index (χ0v) is 6.13. The first-order valence-corrected chi connectivity index (χ1v) is 3.24. The van der Waals surface area contributed by atoms with Crippen LogP contribution >= 0.6 is 0 Å². The normalized spacial score (nSPS) is 18.0. The van der Waals surface area contributed by atoms with Crippen LogP contribution in [0.4, 0.5) is 0 Å². The van der Waals surface area contributed by atoms with Crippen molar-refractivity contribution in [2.45, 2.75) is 6.92 Å². The van der Waals surface area contributed by atoms with Crippen LogP contribution in [0.2, 0.25) is 0 Å². The molecule has 0 atom stereocenters. The van der Waals surface area contributed by atoms with Gasteiger partial charge >= 0.3 is 0 Å². The minimum atomic E-state index is -0.360. The van der Waals surface area contributed by atoms with E-state index in [4.69, 9.17) is 5.11 Å². The predicted molar refractivity (Wildman–Crippen MR) is 38.9 cm³/mol. The molecule has 1 rings (SSSR count). The summed E-state index contributed by atoms with van der Waals surface area (Å²) in [5.74, 6) is -0.474. The monoisotopic (exact) mass is 152 g/mol. The third kappa shape index (κ3) is 1.28. The highest BCUT2D eigenvalue weighted by Crippen LogP contribution is 2.12. The molecule has 0 aromatic heterocycles. The van der Waals surface area contributed by atoms with Crippen LogP contribution in [-0.2, 0) is 9.59 Å². The molecule has 0 aromatic rings. The minimum Gasteiger partial charge on any atom is -0.392 e. The van der Waals surface area contributed by atoms with Crippen LogP contribution in [-0.4, -0.2) is 23.3 Å². The molecule has 3 heteroatoms. The van der Waals surface area contributed by atoms with E-state index < -0.39 is 0 Å². The standard InChI is InChI=1S/C8H8O3/c1-5-6(4-9)8(11)3-2-7(5)10/h2-3,9H,4H2,1H3. The number of aliphatic hydroxyl groups is 1. The molecule has 1 N–H and O–H groups in total. The summed E-state index contributed by atoms with van der Waals surface area (Å²) in [6, 6.07) is 0. The maximum atomic E-state index is 10.9. The van der Waals surface area contributed by atoms with Gasteiger partial charge in [0.05, 0.1) is 6.61 Å². The van der Waals surface area contributed by atoms with E-state index in [1.165, 1.54) is 19.1 Å². The largest absolute Gasteiger partial charge is 0.392 e. The zero-order valence-electron chi connectivity index (χ0n) is 6.13. The second-order valence-electron chi connectivity index (χ2n) is 2.32. The molecule has 0 heterocycles. The fourth-order valence-corrected chi connectivity index (χ4v) is 0.907. The van der Waals surface area contributed by atoms with Crippen molar-refractivity contribution in [3.8, 4) is 0 Å². The molecule has 0 saturated carbocycles. The van der Waals surface area contributed by atoms with Gasteiger partial charge in [0, 0.05) is 11.1 Å². The number of rotatable bonds is 1. The molecular formula is C8H8O3. The van der Waals surface area contributed by atoms with Crippen molar-refractivity contribution in [1.29, 1.82) is 0 Å². The zero-order chi connectivity index (χ0) is 8.43. The van der Waals surface area contributed by atoms with Crippen molar-refractivity contribution in [3.05, 3.63) is 23.3 Å². The lowest BCUT2D eigenvalue weighted by Gasteiger charge is -2.07. The lowest BCUT2D eigenvalue weighted by atomic mass is 9.97. The number of carbonyl (C=O) groups is 2. The van der Waals surface area contributed by atoms with E-state index in [2.05, 4.69) is 0 Å². The molecule has 3 nitrogen and oxygen atoms in total. The van der Waals surface area contributed by atoms with Crippen LogP contribution in [0.15, 0.2) is 23.3 Å². The first-order valence-electron chi connectivity index (χ1n) is 3.24. The van der Waals surface area contributed by atoms with Crippen LogP contribution in [0.1, 0.15) is 6.92 Å². The lowest BCUT2D eigenvalue weighted by Crippen LogP contribution is -2.15. The van der Waals surface area contributed by atoms with Gasteiger partial charge in [0.15, 0.2) is 11.6 Å². The Bertz CT molecular complexity index is 271. The van der Waals surface area contributed by atoms with Crippen molar-refractivity contribution in [3.63, 3.8) is 0 Å². The van der Waals surface area contributed by atoms with Crippen molar-refractivity contribution >= 4 is 11.6 Å². The van der Waals surface area contributed by atoms with E-state index in [0.717, 1.165) is 0 Å². The molecule has 1 aliphatic rings. The third-order valence-electron chi connectivity index (χ3n) is 1.66. The van der Waals surface area contributed by atoms with Crippen LogP contribution in [0.25, 0.3) is 0 Å². The molecule has 1 aliphatic carbocycles. The number of aliphatic hydroxyl groups excluding tert-OH is 1. The van der Waals surface area contributed by atoms with Gasteiger partial charge in [0.1, 0.15) is 0 Å². The van der Waals surface area contributed by atoms with Gasteiger partial charge in [-0.25, -0.2) is 0 Å². The van der Waals surface area contributed by atoms with E-state index in [0.29, 0.717) is 5.57 Å². The van der Waals surface area contributed by atoms with Crippen LogP contribution in [0, 0.1) is 0 Å². The maximum absolute atomic E-state index is 10.9. The fraction of sp³-hybridized carbons (Fsp3) is 0.250. The Morgan fingerprint density at radius 1 is 1.27 bits per heavy atom. The minimum absolute atomic E-state index is 0.200. The van der Waals surface area contributed by atoms with E-state index in [1.807, 2.05) is 0 Å². The Balaban J connectivity index is 3.09. The molecule has 0 bridgehead atoms. The molecule has 0 fully saturated rings. The molecule has 11 heavy (non-hydrogen) atoms. The number of ketones is 2. The predicted octanol–water partition coefficient (Wildman–Crippen LogP) is 0.00320. The summed E-state index contributed by atoms with van der Waals surface area (Å²) in [5, 5.41) is 8.68. The Morgan fingerprint density at radius 3 is 2.27 bits per heavy atom. The summed E-state index contributed by atoms with van der Waals surface area (Å²) < 4.78 is 0. The maximum Gasteiger partial charge on any atom is 0.184 e. The average Bonchev–Trinajstić information content (AvgIpc) is 1.99. The second kappa shape index (κ2) is 2.80. The summed E-state index contributed by atoms with van der Waals surface area (Å²) in [5.41, 5.74) is 0.553. The van der Waals surface area contributed by atoms with Crippen LogP contribution in [0.3, 0.4) is 0 Å². The van der Waals surface area contributed by atoms with Gasteiger partial charge in [-0.05, 0) is 19.1 Å². The number of allylic oxidation sites excluding steroid dienone is 3. The van der Waals surface area contributed by atoms with E-state index in [9.17, 15) is 9.59 Å². The summed E-state index contributed by atoms with van der Waals surface area (Å²) >= 11 is 0. The molecule has 0 amide bonds. The Morgan fingerprint density at radius 2 is 1.82 bits per heavy atom. The second-order valence-corrected chi connectivity index (χ2v) is 2.32. The smallest absolute Gasteiger partial charge is 0.184 e. The molecule has 58 valence electrons. The average molecular weight is 152 g/mol. The van der Waals surface area contributed by atoms with Gasteiger partial charge in [0.25, 0.3) is 0 Å². The van der Waals surface area contributed by atoms with Gasteiger partial charge in [-0.3, -0.25) is 9.59 Å². The third-order valence-corrected chi connectivity index (χ3v) is 1.66. The van der Waals surface area contributed by atoms with E-state index in [1.54, 1.807) is 0 Å². The highest BCUT2D eigenvalue weighted by atomic mass is 16.3. The molecule has 0 radical (unpaired) electrons. The molecular weight excluding hydrogens is 144 g/mol. The van der Waals surface area contributed by atoms with Gasteiger partial charge in [0.2, 0.25) is 0 Å². The molecule has 0 saturated heterocycles. The Labute approximate surface area is 64.0 Å². The fourth-order valence-electron chi connectivity index (χ4n) is 0.907. The first-order chi connectivity index (χ1) is 5.16.